The maximum absolute atomic E-state index is 11.9. The first kappa shape index (κ1) is 14.9. The van der Waals surface area contributed by atoms with Crippen molar-refractivity contribution in [1.82, 2.24) is 0 Å². The van der Waals surface area contributed by atoms with Gasteiger partial charge in [0.25, 0.3) is 5.69 Å². The minimum atomic E-state index is -0.574. The van der Waals surface area contributed by atoms with Crippen molar-refractivity contribution in [3.8, 4) is 0 Å². The Morgan fingerprint density at radius 1 is 1.38 bits per heavy atom. The molecule has 0 spiro atoms. The van der Waals surface area contributed by atoms with Crippen molar-refractivity contribution >= 4 is 17.4 Å². The van der Waals surface area contributed by atoms with Crippen LogP contribution in [-0.4, -0.2) is 23.3 Å². The highest BCUT2D eigenvalue weighted by Gasteiger charge is 2.20. The van der Waals surface area contributed by atoms with Gasteiger partial charge in [-0.2, -0.15) is 0 Å². The summed E-state index contributed by atoms with van der Waals surface area (Å²) in [5, 5.41) is 10.6. The van der Waals surface area contributed by atoms with E-state index in [1.807, 2.05) is 6.08 Å². The number of ketones is 1. The largest absolute Gasteiger partial charge is 0.457 e. The molecule has 0 saturated carbocycles. The molecule has 6 heteroatoms. The molecule has 0 aromatic heterocycles. The van der Waals surface area contributed by atoms with Gasteiger partial charge < -0.3 is 4.74 Å². The molecule has 0 aliphatic heterocycles. The molecule has 0 amide bonds. The predicted octanol–water partition coefficient (Wildman–Crippen LogP) is 2.68. The first-order valence-corrected chi connectivity index (χ1v) is 6.69. The number of rotatable bonds is 5. The van der Waals surface area contributed by atoms with Crippen molar-refractivity contribution in [2.24, 2.45) is 5.92 Å². The van der Waals surface area contributed by atoms with Gasteiger partial charge in [-0.05, 0) is 19.3 Å². The Balaban J connectivity index is 1.94. The minimum absolute atomic E-state index is 0.163. The second-order valence-electron chi connectivity index (χ2n) is 4.80. The lowest BCUT2D eigenvalue weighted by molar-refractivity contribution is -0.384. The number of nitrogens with zero attached hydrogens (tertiary/aromatic N) is 1. The number of Topliss-reactive ketones (excluding diaryl/α,β-unsaturated/α-hetero) is 1. The maximum atomic E-state index is 11.9. The van der Waals surface area contributed by atoms with Crippen LogP contribution in [0.25, 0.3) is 0 Å². The van der Waals surface area contributed by atoms with Gasteiger partial charge in [0.05, 0.1) is 10.8 Å². The van der Waals surface area contributed by atoms with Gasteiger partial charge in [-0.25, -0.2) is 0 Å². The van der Waals surface area contributed by atoms with Gasteiger partial charge in [-0.1, -0.05) is 24.3 Å². The van der Waals surface area contributed by atoms with E-state index in [4.69, 9.17) is 4.74 Å². The van der Waals surface area contributed by atoms with Crippen LogP contribution >= 0.6 is 0 Å². The Kier molecular flexibility index (Phi) is 4.81. The summed E-state index contributed by atoms with van der Waals surface area (Å²) in [6, 6.07) is 5.37. The van der Waals surface area contributed by atoms with E-state index in [0.717, 1.165) is 19.3 Å². The fourth-order valence-electron chi connectivity index (χ4n) is 2.13. The number of nitro groups is 1. The third kappa shape index (κ3) is 3.98. The molecule has 1 aromatic rings. The highest BCUT2D eigenvalue weighted by Crippen LogP contribution is 2.18. The van der Waals surface area contributed by atoms with E-state index in [9.17, 15) is 19.7 Å². The first-order valence-electron chi connectivity index (χ1n) is 6.69. The maximum Gasteiger partial charge on any atom is 0.313 e. The number of hydrogen-bond acceptors (Lipinski definition) is 5. The fraction of sp³-hybridized carbons (Fsp3) is 0.333. The molecule has 2 rings (SSSR count). The van der Waals surface area contributed by atoms with Crippen molar-refractivity contribution in [2.75, 3.05) is 6.61 Å². The van der Waals surface area contributed by atoms with Gasteiger partial charge in [0.15, 0.2) is 6.61 Å². The Morgan fingerprint density at radius 2 is 2.19 bits per heavy atom. The van der Waals surface area contributed by atoms with Crippen LogP contribution in [0, 0.1) is 16.0 Å². The van der Waals surface area contributed by atoms with Crippen LogP contribution in [0.15, 0.2) is 36.4 Å². The second-order valence-corrected chi connectivity index (χ2v) is 4.80. The molecule has 0 saturated heterocycles. The number of non-ortho nitro benzene ring substituents is 1. The van der Waals surface area contributed by atoms with E-state index < -0.39 is 23.3 Å². The number of allylic oxidation sites excluding steroid dienone is 1. The van der Waals surface area contributed by atoms with Gasteiger partial charge >= 0.3 is 5.97 Å². The quantitative estimate of drug-likeness (QED) is 0.273. The van der Waals surface area contributed by atoms with Gasteiger partial charge in [-0.15, -0.1) is 0 Å². The summed E-state index contributed by atoms with van der Waals surface area (Å²) in [7, 11) is 0. The normalized spacial score (nSPS) is 17.2. The second kappa shape index (κ2) is 6.78. The fourth-order valence-corrected chi connectivity index (χ4v) is 2.13. The third-order valence-corrected chi connectivity index (χ3v) is 3.28. The molecule has 0 fully saturated rings. The van der Waals surface area contributed by atoms with E-state index >= 15 is 0 Å². The molecule has 0 N–H and O–H groups in total. The molecule has 1 aliphatic carbocycles. The van der Waals surface area contributed by atoms with E-state index in [0.29, 0.717) is 0 Å². The van der Waals surface area contributed by atoms with Crippen LogP contribution in [0.4, 0.5) is 5.69 Å². The zero-order chi connectivity index (χ0) is 15.2. The zero-order valence-corrected chi connectivity index (χ0v) is 11.4. The summed E-state index contributed by atoms with van der Waals surface area (Å²) in [5.41, 5.74) is -0.00132. The summed E-state index contributed by atoms with van der Waals surface area (Å²) in [4.78, 5) is 33.7. The molecular formula is C15H15NO5. The molecular weight excluding hydrogens is 274 g/mol. The summed E-state index contributed by atoms with van der Waals surface area (Å²) in [6.45, 7) is -0.398. The SMILES string of the molecule is O=C(COC(=O)C1C=CCCC1)c1cccc([N+](=O)[O-])c1. The lowest BCUT2D eigenvalue weighted by atomic mass is 9.96. The van der Waals surface area contributed by atoms with Crippen LogP contribution < -0.4 is 0 Å². The zero-order valence-electron chi connectivity index (χ0n) is 11.4. The Bertz CT molecular complexity index is 593. The van der Waals surface area contributed by atoms with Gasteiger partial charge in [0, 0.05) is 17.7 Å². The van der Waals surface area contributed by atoms with E-state index in [1.54, 1.807) is 6.08 Å². The molecule has 1 aliphatic rings. The minimum Gasteiger partial charge on any atom is -0.457 e. The summed E-state index contributed by atoms with van der Waals surface area (Å²) < 4.78 is 4.99. The highest BCUT2D eigenvalue weighted by atomic mass is 16.6. The molecule has 0 heterocycles. The molecule has 1 unspecified atom stereocenters. The Hall–Kier alpha value is -2.50. The lowest BCUT2D eigenvalue weighted by Gasteiger charge is -2.14. The number of hydrogen-bond donors (Lipinski definition) is 0. The molecule has 0 radical (unpaired) electrons. The number of esters is 1. The number of carbonyl (C=O) groups excluding carboxylic acids is 2. The average molecular weight is 289 g/mol. The van der Waals surface area contributed by atoms with Gasteiger partial charge in [-0.3, -0.25) is 19.7 Å². The topological polar surface area (TPSA) is 86.5 Å². The standard InChI is InChI=1S/C15H15NO5/c17-14(12-7-4-8-13(9-12)16(19)20)10-21-15(18)11-5-2-1-3-6-11/h2,4-5,7-9,11H,1,3,6,10H2. The summed E-state index contributed by atoms with van der Waals surface area (Å²) in [5.74, 6) is -1.17. The van der Waals surface area contributed by atoms with E-state index in [-0.39, 0.29) is 17.2 Å². The molecule has 1 atom stereocenters. The molecule has 0 bridgehead atoms. The molecule has 110 valence electrons. The summed E-state index contributed by atoms with van der Waals surface area (Å²) >= 11 is 0. The average Bonchev–Trinajstić information content (AvgIpc) is 2.53. The molecule has 6 nitrogen and oxygen atoms in total. The highest BCUT2D eigenvalue weighted by molar-refractivity contribution is 5.98. The lowest BCUT2D eigenvalue weighted by Crippen LogP contribution is -2.21. The van der Waals surface area contributed by atoms with Crippen molar-refractivity contribution < 1.29 is 19.2 Å². The van der Waals surface area contributed by atoms with Crippen LogP contribution in [0.1, 0.15) is 29.6 Å². The van der Waals surface area contributed by atoms with Crippen molar-refractivity contribution in [2.45, 2.75) is 19.3 Å². The van der Waals surface area contributed by atoms with Gasteiger partial charge in [0.2, 0.25) is 5.78 Å². The van der Waals surface area contributed by atoms with Crippen LogP contribution in [-0.2, 0) is 9.53 Å². The van der Waals surface area contributed by atoms with Crippen molar-refractivity contribution in [1.29, 1.82) is 0 Å². The van der Waals surface area contributed by atoms with Crippen LogP contribution in [0.5, 0.6) is 0 Å². The van der Waals surface area contributed by atoms with Gasteiger partial charge in [0.1, 0.15) is 0 Å². The van der Waals surface area contributed by atoms with Crippen LogP contribution in [0.3, 0.4) is 0 Å². The number of benzene rings is 1. The number of nitro benzene ring substituents is 1. The summed E-state index contributed by atoms with van der Waals surface area (Å²) in [6.07, 6.45) is 6.33. The number of ether oxygens (including phenoxy) is 1. The third-order valence-electron chi connectivity index (χ3n) is 3.28. The Morgan fingerprint density at radius 3 is 2.86 bits per heavy atom. The van der Waals surface area contributed by atoms with Crippen molar-refractivity contribution in [3.63, 3.8) is 0 Å². The Labute approximate surface area is 121 Å². The molecule has 21 heavy (non-hydrogen) atoms. The monoisotopic (exact) mass is 289 g/mol. The van der Waals surface area contributed by atoms with Crippen molar-refractivity contribution in [3.05, 3.63) is 52.1 Å². The smallest absolute Gasteiger partial charge is 0.313 e. The first-order chi connectivity index (χ1) is 10.1. The van der Waals surface area contributed by atoms with E-state index in [2.05, 4.69) is 0 Å². The molecule has 1 aromatic carbocycles. The van der Waals surface area contributed by atoms with E-state index in [1.165, 1.54) is 24.3 Å². The number of carbonyl (C=O) groups is 2. The predicted molar refractivity (Wildman–Crippen MR) is 74.9 cm³/mol. The van der Waals surface area contributed by atoms with Crippen LogP contribution in [0.2, 0.25) is 0 Å².